The van der Waals surface area contributed by atoms with Crippen LogP contribution in [0.5, 0.6) is 0 Å². The lowest BCUT2D eigenvalue weighted by Crippen LogP contribution is -2.49. The standard InChI is InChI=1S/C24H30N4OS/c1-4-8-21(29)27-13-15-28(16-14-27)23-22-17(2)18(3)30-24(22)26-20(25-23)12-11-19-9-6-5-7-10-19/h5-7,9-10H,4,8,11-16H2,1-3H3. The second-order valence-electron chi connectivity index (χ2n) is 8.03. The molecular weight excluding hydrogens is 392 g/mol. The van der Waals surface area contributed by atoms with Crippen LogP contribution in [0, 0.1) is 13.8 Å². The van der Waals surface area contributed by atoms with Gasteiger partial charge >= 0.3 is 0 Å². The predicted molar refractivity (Wildman–Crippen MR) is 124 cm³/mol. The monoisotopic (exact) mass is 422 g/mol. The number of rotatable bonds is 6. The maximum atomic E-state index is 12.3. The molecule has 0 aliphatic carbocycles. The number of fused-ring (bicyclic) bond motifs is 1. The first-order valence-electron chi connectivity index (χ1n) is 10.9. The summed E-state index contributed by atoms with van der Waals surface area (Å²) in [5.74, 6) is 2.23. The van der Waals surface area contributed by atoms with Gasteiger partial charge in [-0.3, -0.25) is 4.79 Å². The van der Waals surface area contributed by atoms with Gasteiger partial charge in [0.1, 0.15) is 16.5 Å². The molecule has 3 aromatic rings. The molecule has 0 N–H and O–H groups in total. The van der Waals surface area contributed by atoms with Crippen LogP contribution < -0.4 is 4.90 Å². The van der Waals surface area contributed by atoms with Gasteiger partial charge in [-0.2, -0.15) is 0 Å². The van der Waals surface area contributed by atoms with E-state index in [-0.39, 0.29) is 5.91 Å². The molecule has 30 heavy (non-hydrogen) atoms. The van der Waals surface area contributed by atoms with Crippen LogP contribution in [0.2, 0.25) is 0 Å². The van der Waals surface area contributed by atoms with Crippen molar-refractivity contribution < 1.29 is 4.79 Å². The summed E-state index contributed by atoms with van der Waals surface area (Å²) in [5.41, 5.74) is 2.59. The molecule has 1 aliphatic heterocycles. The third-order valence-electron chi connectivity index (χ3n) is 5.93. The average Bonchev–Trinajstić information content (AvgIpc) is 3.06. The number of aryl methyl sites for hydroxylation is 4. The molecular formula is C24H30N4OS. The Balaban J connectivity index is 1.59. The zero-order valence-corrected chi connectivity index (χ0v) is 19.0. The molecule has 1 fully saturated rings. The number of nitrogens with zero attached hydrogens (tertiary/aromatic N) is 4. The third-order valence-corrected chi connectivity index (χ3v) is 7.03. The molecule has 0 saturated carbocycles. The summed E-state index contributed by atoms with van der Waals surface area (Å²) in [4.78, 5) is 29.0. The summed E-state index contributed by atoms with van der Waals surface area (Å²) in [7, 11) is 0. The van der Waals surface area contributed by atoms with Crippen LogP contribution in [0.4, 0.5) is 5.82 Å². The first-order chi connectivity index (χ1) is 14.6. The summed E-state index contributed by atoms with van der Waals surface area (Å²) in [6.07, 6.45) is 3.32. The van der Waals surface area contributed by atoms with Crippen molar-refractivity contribution in [2.24, 2.45) is 0 Å². The fourth-order valence-corrected chi connectivity index (χ4v) is 5.10. The van der Waals surface area contributed by atoms with Crippen molar-refractivity contribution >= 4 is 33.3 Å². The first kappa shape index (κ1) is 20.8. The molecule has 0 radical (unpaired) electrons. The van der Waals surface area contributed by atoms with Gasteiger partial charge in [0.2, 0.25) is 5.91 Å². The lowest BCUT2D eigenvalue weighted by Gasteiger charge is -2.36. The Kier molecular flexibility index (Phi) is 6.32. The molecule has 2 aromatic heterocycles. The molecule has 4 rings (SSSR count). The summed E-state index contributed by atoms with van der Waals surface area (Å²) in [6.45, 7) is 9.59. The lowest BCUT2D eigenvalue weighted by atomic mass is 10.1. The maximum absolute atomic E-state index is 12.3. The van der Waals surface area contributed by atoms with Crippen LogP contribution in [0.3, 0.4) is 0 Å². The topological polar surface area (TPSA) is 49.3 Å². The number of carbonyl (C=O) groups is 1. The Hall–Kier alpha value is -2.47. The van der Waals surface area contributed by atoms with Crippen molar-refractivity contribution in [2.75, 3.05) is 31.1 Å². The Morgan fingerprint density at radius 1 is 1.03 bits per heavy atom. The highest BCUT2D eigenvalue weighted by Crippen LogP contribution is 2.35. The summed E-state index contributed by atoms with van der Waals surface area (Å²) in [6, 6.07) is 10.5. The van der Waals surface area contributed by atoms with Gasteiger partial charge in [-0.25, -0.2) is 9.97 Å². The fourth-order valence-electron chi connectivity index (χ4n) is 4.05. The zero-order chi connectivity index (χ0) is 21.1. The zero-order valence-electron chi connectivity index (χ0n) is 18.1. The Labute approximate surface area is 182 Å². The summed E-state index contributed by atoms with van der Waals surface area (Å²) in [5, 5.41) is 1.19. The minimum absolute atomic E-state index is 0.274. The van der Waals surface area contributed by atoms with Gasteiger partial charge in [-0.05, 0) is 37.8 Å². The van der Waals surface area contributed by atoms with E-state index in [1.165, 1.54) is 21.4 Å². The quantitative estimate of drug-likeness (QED) is 0.585. The molecule has 1 aliphatic rings. The molecule has 6 heteroatoms. The molecule has 5 nitrogen and oxygen atoms in total. The third kappa shape index (κ3) is 4.33. The van der Waals surface area contributed by atoms with E-state index in [0.29, 0.717) is 6.42 Å². The van der Waals surface area contributed by atoms with Crippen LogP contribution in [0.15, 0.2) is 30.3 Å². The molecule has 3 heterocycles. The van der Waals surface area contributed by atoms with Gasteiger partial charge in [0.05, 0.1) is 5.39 Å². The largest absolute Gasteiger partial charge is 0.352 e. The lowest BCUT2D eigenvalue weighted by molar-refractivity contribution is -0.131. The van der Waals surface area contributed by atoms with Crippen LogP contribution >= 0.6 is 11.3 Å². The maximum Gasteiger partial charge on any atom is 0.222 e. The second kappa shape index (κ2) is 9.13. The highest BCUT2D eigenvalue weighted by Gasteiger charge is 2.25. The molecule has 1 aromatic carbocycles. The Morgan fingerprint density at radius 3 is 2.47 bits per heavy atom. The van der Waals surface area contributed by atoms with Gasteiger partial charge < -0.3 is 9.80 Å². The van der Waals surface area contributed by atoms with E-state index in [1.807, 2.05) is 11.0 Å². The first-order valence-corrected chi connectivity index (χ1v) is 11.7. The Bertz CT molecular complexity index is 1020. The number of aromatic nitrogens is 2. The van der Waals surface area contributed by atoms with Crippen molar-refractivity contribution in [1.29, 1.82) is 0 Å². The van der Waals surface area contributed by atoms with E-state index >= 15 is 0 Å². The smallest absolute Gasteiger partial charge is 0.222 e. The van der Waals surface area contributed by atoms with Crippen molar-refractivity contribution in [3.05, 3.63) is 52.2 Å². The molecule has 158 valence electrons. The normalized spacial score (nSPS) is 14.5. The number of thiophene rings is 1. The molecule has 0 unspecified atom stereocenters. The van der Waals surface area contributed by atoms with E-state index in [2.05, 4.69) is 49.9 Å². The molecule has 0 spiro atoms. The van der Waals surface area contributed by atoms with Gasteiger partial charge in [0.15, 0.2) is 0 Å². The van der Waals surface area contributed by atoms with Crippen molar-refractivity contribution in [3.8, 4) is 0 Å². The van der Waals surface area contributed by atoms with Gasteiger partial charge in [-0.1, -0.05) is 37.3 Å². The second-order valence-corrected chi connectivity index (χ2v) is 9.23. The summed E-state index contributed by atoms with van der Waals surface area (Å²) >= 11 is 1.76. The highest BCUT2D eigenvalue weighted by atomic mass is 32.1. The number of hydrogen-bond acceptors (Lipinski definition) is 5. The van der Waals surface area contributed by atoms with E-state index in [0.717, 1.165) is 61.9 Å². The molecule has 0 bridgehead atoms. The van der Waals surface area contributed by atoms with E-state index in [4.69, 9.17) is 9.97 Å². The SMILES string of the molecule is CCCC(=O)N1CCN(c2nc(CCc3ccccc3)nc3sc(C)c(C)c23)CC1. The minimum Gasteiger partial charge on any atom is -0.352 e. The van der Waals surface area contributed by atoms with Crippen LogP contribution in [-0.2, 0) is 17.6 Å². The van der Waals surface area contributed by atoms with Crippen molar-refractivity contribution in [3.63, 3.8) is 0 Å². The number of hydrogen-bond donors (Lipinski definition) is 0. The van der Waals surface area contributed by atoms with E-state index in [9.17, 15) is 4.79 Å². The highest BCUT2D eigenvalue weighted by molar-refractivity contribution is 7.18. The predicted octanol–water partition coefficient (Wildman–Crippen LogP) is 4.54. The van der Waals surface area contributed by atoms with E-state index in [1.54, 1.807) is 11.3 Å². The van der Waals surface area contributed by atoms with Crippen LogP contribution in [0.25, 0.3) is 10.2 Å². The van der Waals surface area contributed by atoms with Gasteiger partial charge in [-0.15, -0.1) is 11.3 Å². The minimum atomic E-state index is 0.274. The number of amides is 1. The van der Waals surface area contributed by atoms with Crippen LogP contribution in [0.1, 0.15) is 41.6 Å². The molecule has 0 atom stereocenters. The number of anilines is 1. The number of benzene rings is 1. The Morgan fingerprint density at radius 2 is 1.77 bits per heavy atom. The number of carbonyl (C=O) groups excluding carboxylic acids is 1. The van der Waals surface area contributed by atoms with Crippen LogP contribution in [-0.4, -0.2) is 47.0 Å². The van der Waals surface area contributed by atoms with Crippen molar-refractivity contribution in [1.82, 2.24) is 14.9 Å². The average molecular weight is 423 g/mol. The van der Waals surface area contributed by atoms with Crippen molar-refractivity contribution in [2.45, 2.75) is 46.5 Å². The van der Waals surface area contributed by atoms with Gasteiger partial charge in [0, 0.05) is 43.9 Å². The fraction of sp³-hybridized carbons (Fsp3) is 0.458. The molecule has 1 saturated heterocycles. The summed E-state index contributed by atoms with van der Waals surface area (Å²) < 4.78 is 0. The van der Waals surface area contributed by atoms with Gasteiger partial charge in [0.25, 0.3) is 0 Å². The van der Waals surface area contributed by atoms with E-state index < -0.39 is 0 Å². The number of piperazine rings is 1. The molecule has 1 amide bonds.